The molecule has 0 aliphatic rings. The van der Waals surface area contributed by atoms with Crippen LogP contribution in [0.3, 0.4) is 0 Å². The third-order valence-corrected chi connectivity index (χ3v) is 3.47. The fraction of sp³-hybridized carbons (Fsp3) is 0.308. The fourth-order valence-electron chi connectivity index (χ4n) is 1.70. The van der Waals surface area contributed by atoms with Crippen molar-refractivity contribution < 1.29 is 9.47 Å². The Balaban J connectivity index is 2.31. The van der Waals surface area contributed by atoms with Crippen LogP contribution in [0.4, 0.5) is 0 Å². The quantitative estimate of drug-likeness (QED) is 0.900. The molecule has 96 valence electrons. The van der Waals surface area contributed by atoms with Crippen molar-refractivity contribution in [3.63, 3.8) is 0 Å². The Kier molecular flexibility index (Phi) is 4.17. The van der Waals surface area contributed by atoms with E-state index in [1.165, 1.54) is 16.4 Å². The number of benzene rings is 1. The molecule has 1 aromatic carbocycles. The second kappa shape index (κ2) is 5.84. The Bertz CT molecular complexity index is 525. The van der Waals surface area contributed by atoms with Crippen molar-refractivity contribution >= 4 is 11.5 Å². The summed E-state index contributed by atoms with van der Waals surface area (Å²) < 4.78 is 14.9. The molecule has 1 heterocycles. The number of hydrogen-bond donors (Lipinski definition) is 1. The van der Waals surface area contributed by atoms with Crippen molar-refractivity contribution in [1.82, 2.24) is 4.37 Å². The lowest BCUT2D eigenvalue weighted by molar-refractivity contribution is 0.355. The van der Waals surface area contributed by atoms with Gasteiger partial charge in [0.25, 0.3) is 0 Å². The number of ether oxygens (including phenoxy) is 2. The van der Waals surface area contributed by atoms with Crippen molar-refractivity contribution in [2.75, 3.05) is 20.8 Å². The summed E-state index contributed by atoms with van der Waals surface area (Å²) in [6.07, 6.45) is 0.866. The summed E-state index contributed by atoms with van der Waals surface area (Å²) in [6.45, 7) is 0.646. The Hall–Kier alpha value is -1.59. The van der Waals surface area contributed by atoms with Gasteiger partial charge >= 0.3 is 0 Å². The Labute approximate surface area is 111 Å². The molecule has 1 aromatic heterocycles. The third-order valence-electron chi connectivity index (χ3n) is 2.63. The van der Waals surface area contributed by atoms with Crippen LogP contribution in [0, 0.1) is 0 Å². The Morgan fingerprint density at radius 3 is 2.61 bits per heavy atom. The van der Waals surface area contributed by atoms with Crippen LogP contribution in [0.25, 0.3) is 11.3 Å². The number of hydrogen-bond acceptors (Lipinski definition) is 5. The van der Waals surface area contributed by atoms with Crippen molar-refractivity contribution in [2.45, 2.75) is 6.42 Å². The van der Waals surface area contributed by atoms with Crippen molar-refractivity contribution in [3.05, 3.63) is 29.1 Å². The highest BCUT2D eigenvalue weighted by atomic mass is 32.1. The predicted molar refractivity (Wildman–Crippen MR) is 73.4 cm³/mol. The molecule has 0 atom stereocenters. The highest BCUT2D eigenvalue weighted by molar-refractivity contribution is 7.06. The van der Waals surface area contributed by atoms with Crippen LogP contribution in [-0.2, 0) is 6.42 Å². The zero-order chi connectivity index (χ0) is 13.0. The van der Waals surface area contributed by atoms with E-state index >= 15 is 0 Å². The van der Waals surface area contributed by atoms with Crippen LogP contribution in [0.5, 0.6) is 11.5 Å². The van der Waals surface area contributed by atoms with Gasteiger partial charge in [0.05, 0.1) is 19.9 Å². The molecule has 0 radical (unpaired) electrons. The average molecular weight is 264 g/mol. The molecule has 2 N–H and O–H groups in total. The van der Waals surface area contributed by atoms with Crippen molar-refractivity contribution in [3.8, 4) is 22.8 Å². The van der Waals surface area contributed by atoms with Gasteiger partial charge in [0.2, 0.25) is 0 Å². The molecular weight excluding hydrogens is 248 g/mol. The number of methoxy groups -OCH3 is 2. The minimum Gasteiger partial charge on any atom is -0.493 e. The van der Waals surface area contributed by atoms with Gasteiger partial charge in [-0.3, -0.25) is 0 Å². The maximum Gasteiger partial charge on any atom is 0.161 e. The second-order valence-electron chi connectivity index (χ2n) is 3.79. The minimum atomic E-state index is 0.646. The van der Waals surface area contributed by atoms with Crippen LogP contribution in [0.2, 0.25) is 0 Å². The summed E-state index contributed by atoms with van der Waals surface area (Å²) in [4.78, 5) is 1.20. The highest BCUT2D eigenvalue weighted by Crippen LogP contribution is 2.32. The number of rotatable bonds is 5. The van der Waals surface area contributed by atoms with Crippen LogP contribution in [-0.4, -0.2) is 25.1 Å². The molecule has 0 bridgehead atoms. The predicted octanol–water partition coefficient (Wildman–Crippen LogP) is 2.33. The van der Waals surface area contributed by atoms with E-state index in [4.69, 9.17) is 15.2 Å². The first-order valence-corrected chi connectivity index (χ1v) is 6.44. The lowest BCUT2D eigenvalue weighted by atomic mass is 10.1. The molecule has 0 fully saturated rings. The summed E-state index contributed by atoms with van der Waals surface area (Å²) in [5.74, 6) is 1.43. The highest BCUT2D eigenvalue weighted by Gasteiger charge is 2.09. The average Bonchev–Trinajstić information content (AvgIpc) is 2.87. The van der Waals surface area contributed by atoms with Gasteiger partial charge in [-0.2, -0.15) is 4.37 Å². The van der Waals surface area contributed by atoms with Gasteiger partial charge in [0, 0.05) is 10.4 Å². The summed E-state index contributed by atoms with van der Waals surface area (Å²) in [6, 6.07) is 7.86. The van der Waals surface area contributed by atoms with Gasteiger partial charge < -0.3 is 15.2 Å². The monoisotopic (exact) mass is 264 g/mol. The van der Waals surface area contributed by atoms with Crippen LogP contribution in [0.1, 0.15) is 4.88 Å². The van der Waals surface area contributed by atoms with Gasteiger partial charge in [-0.1, -0.05) is 0 Å². The molecule has 0 spiro atoms. The zero-order valence-electron chi connectivity index (χ0n) is 10.5. The minimum absolute atomic E-state index is 0.646. The molecule has 5 heteroatoms. The summed E-state index contributed by atoms with van der Waals surface area (Å²) in [5, 5.41) is 0. The van der Waals surface area contributed by atoms with E-state index in [2.05, 4.69) is 10.4 Å². The number of nitrogens with zero attached hydrogens (tertiary/aromatic N) is 1. The topological polar surface area (TPSA) is 57.4 Å². The molecule has 0 aliphatic carbocycles. The van der Waals surface area contributed by atoms with E-state index in [9.17, 15) is 0 Å². The van der Waals surface area contributed by atoms with Gasteiger partial charge in [0.15, 0.2) is 11.5 Å². The fourth-order valence-corrected chi connectivity index (χ4v) is 2.45. The standard InChI is InChI=1S/C13H16N2O2S/c1-16-12-4-3-9(7-13(12)17-2)11-8-10(5-6-14)18-15-11/h3-4,7-8H,5-6,14H2,1-2H3. The molecule has 2 rings (SSSR count). The van der Waals surface area contributed by atoms with Crippen molar-refractivity contribution in [1.29, 1.82) is 0 Å². The number of aromatic nitrogens is 1. The lowest BCUT2D eigenvalue weighted by Crippen LogP contribution is -2.00. The van der Waals surface area contributed by atoms with E-state index in [0.29, 0.717) is 12.3 Å². The molecule has 0 amide bonds. The van der Waals surface area contributed by atoms with Gasteiger partial charge in [0.1, 0.15) is 0 Å². The maximum absolute atomic E-state index is 5.53. The molecule has 0 saturated heterocycles. The SMILES string of the molecule is COc1ccc(-c2cc(CCN)sn2)cc1OC. The Morgan fingerprint density at radius 2 is 1.94 bits per heavy atom. The second-order valence-corrected chi connectivity index (χ2v) is 4.68. The van der Waals surface area contributed by atoms with Crippen molar-refractivity contribution in [2.24, 2.45) is 5.73 Å². The van der Waals surface area contributed by atoms with Gasteiger partial charge in [-0.05, 0) is 48.8 Å². The lowest BCUT2D eigenvalue weighted by Gasteiger charge is -2.08. The summed E-state index contributed by atoms with van der Waals surface area (Å²) in [7, 11) is 3.25. The van der Waals surface area contributed by atoms with Crippen LogP contribution in [0.15, 0.2) is 24.3 Å². The molecule has 18 heavy (non-hydrogen) atoms. The third kappa shape index (κ3) is 2.63. The molecule has 0 aliphatic heterocycles. The first-order chi connectivity index (χ1) is 8.78. The summed E-state index contributed by atoms with van der Waals surface area (Å²) >= 11 is 1.49. The van der Waals surface area contributed by atoms with Gasteiger partial charge in [-0.15, -0.1) is 0 Å². The molecule has 2 aromatic rings. The maximum atomic E-state index is 5.53. The molecule has 4 nitrogen and oxygen atoms in total. The van der Waals surface area contributed by atoms with E-state index in [0.717, 1.165) is 23.4 Å². The van der Waals surface area contributed by atoms with E-state index in [1.54, 1.807) is 14.2 Å². The van der Waals surface area contributed by atoms with Crippen LogP contribution >= 0.6 is 11.5 Å². The van der Waals surface area contributed by atoms with Gasteiger partial charge in [-0.25, -0.2) is 0 Å². The zero-order valence-corrected chi connectivity index (χ0v) is 11.3. The molecular formula is C13H16N2O2S. The first kappa shape index (κ1) is 12.9. The van der Waals surface area contributed by atoms with E-state index in [-0.39, 0.29) is 0 Å². The normalized spacial score (nSPS) is 10.4. The molecule has 0 saturated carbocycles. The smallest absolute Gasteiger partial charge is 0.161 e. The van der Waals surface area contributed by atoms with E-state index < -0.39 is 0 Å². The Morgan fingerprint density at radius 1 is 1.17 bits per heavy atom. The number of nitrogens with two attached hydrogens (primary N) is 1. The summed E-state index contributed by atoms with van der Waals surface area (Å²) in [5.41, 5.74) is 7.50. The largest absolute Gasteiger partial charge is 0.493 e. The van der Waals surface area contributed by atoms with Crippen LogP contribution < -0.4 is 15.2 Å². The molecule has 0 unspecified atom stereocenters. The first-order valence-electron chi connectivity index (χ1n) is 5.66. The van der Waals surface area contributed by atoms with E-state index in [1.807, 2.05) is 18.2 Å².